The Morgan fingerprint density at radius 1 is 1.44 bits per heavy atom. The van der Waals surface area contributed by atoms with E-state index in [0.29, 0.717) is 25.0 Å². The van der Waals surface area contributed by atoms with Gasteiger partial charge in [0.2, 0.25) is 0 Å². The Bertz CT molecular complexity index is 423. The van der Waals surface area contributed by atoms with Gasteiger partial charge in [-0.1, -0.05) is 24.3 Å². The first-order valence-electron chi connectivity index (χ1n) is 5.38. The number of methoxy groups -OCH3 is 1. The van der Waals surface area contributed by atoms with E-state index in [1.807, 2.05) is 18.2 Å². The summed E-state index contributed by atoms with van der Waals surface area (Å²) in [6.07, 6.45) is 0.873. The van der Waals surface area contributed by atoms with E-state index in [2.05, 4.69) is 0 Å². The van der Waals surface area contributed by atoms with Gasteiger partial charge in [0.15, 0.2) is 5.78 Å². The second-order valence-corrected chi connectivity index (χ2v) is 3.99. The van der Waals surface area contributed by atoms with Gasteiger partial charge in [-0.25, -0.2) is 0 Å². The van der Waals surface area contributed by atoms with E-state index in [9.17, 15) is 9.59 Å². The number of ketones is 2. The normalized spacial score (nSPS) is 18.6. The van der Waals surface area contributed by atoms with Crippen LogP contribution < -0.4 is 0 Å². The van der Waals surface area contributed by atoms with Gasteiger partial charge in [0.25, 0.3) is 0 Å². The maximum absolute atomic E-state index is 11.9. The summed E-state index contributed by atoms with van der Waals surface area (Å²) >= 11 is 0. The standard InChI is InChI=1S/C13H14O3/c1-16-7-6-12(14)11-8-9-4-2-3-5-10(9)13(11)15/h2-5,11H,6-8H2,1H3. The highest BCUT2D eigenvalue weighted by molar-refractivity contribution is 6.14. The summed E-state index contributed by atoms with van der Waals surface area (Å²) in [7, 11) is 1.55. The highest BCUT2D eigenvalue weighted by Gasteiger charge is 2.34. The monoisotopic (exact) mass is 218 g/mol. The molecule has 84 valence electrons. The lowest BCUT2D eigenvalue weighted by Crippen LogP contribution is -2.21. The number of benzene rings is 1. The van der Waals surface area contributed by atoms with Gasteiger partial charge < -0.3 is 4.74 Å². The second-order valence-electron chi connectivity index (χ2n) is 3.99. The van der Waals surface area contributed by atoms with E-state index in [0.717, 1.165) is 5.56 Å². The molecule has 0 aliphatic heterocycles. The second kappa shape index (κ2) is 4.58. The molecule has 1 aromatic rings. The van der Waals surface area contributed by atoms with Crippen molar-refractivity contribution in [2.75, 3.05) is 13.7 Å². The zero-order valence-electron chi connectivity index (χ0n) is 9.23. The summed E-state index contributed by atoms with van der Waals surface area (Å²) in [6, 6.07) is 7.44. The van der Waals surface area contributed by atoms with Gasteiger partial charge in [-0.3, -0.25) is 9.59 Å². The number of rotatable bonds is 4. The molecule has 0 spiro atoms. The van der Waals surface area contributed by atoms with Crippen molar-refractivity contribution in [3.8, 4) is 0 Å². The fraction of sp³-hybridized carbons (Fsp3) is 0.385. The van der Waals surface area contributed by atoms with Crippen LogP contribution in [0.5, 0.6) is 0 Å². The highest BCUT2D eigenvalue weighted by Crippen LogP contribution is 2.27. The molecular weight excluding hydrogens is 204 g/mol. The van der Waals surface area contributed by atoms with Gasteiger partial charge in [0.05, 0.1) is 12.5 Å². The summed E-state index contributed by atoms with van der Waals surface area (Å²) in [6.45, 7) is 0.388. The topological polar surface area (TPSA) is 43.4 Å². The Hall–Kier alpha value is -1.48. The Kier molecular flexibility index (Phi) is 3.15. The zero-order valence-corrected chi connectivity index (χ0v) is 9.23. The highest BCUT2D eigenvalue weighted by atomic mass is 16.5. The molecule has 1 aliphatic rings. The number of fused-ring (bicyclic) bond motifs is 1. The number of carbonyl (C=O) groups is 2. The van der Waals surface area contributed by atoms with E-state index in [4.69, 9.17) is 4.74 Å². The summed E-state index contributed by atoms with van der Waals surface area (Å²) in [5, 5.41) is 0. The van der Waals surface area contributed by atoms with Gasteiger partial charge in [0.1, 0.15) is 5.78 Å². The van der Waals surface area contributed by atoms with Gasteiger partial charge >= 0.3 is 0 Å². The molecule has 3 nitrogen and oxygen atoms in total. The van der Waals surface area contributed by atoms with E-state index < -0.39 is 5.92 Å². The van der Waals surface area contributed by atoms with Crippen LogP contribution in [0.4, 0.5) is 0 Å². The maximum Gasteiger partial charge on any atom is 0.173 e. The smallest absolute Gasteiger partial charge is 0.173 e. The molecule has 1 aromatic carbocycles. The van der Waals surface area contributed by atoms with Crippen molar-refractivity contribution in [1.82, 2.24) is 0 Å². The molecule has 0 saturated carbocycles. The molecule has 0 saturated heterocycles. The summed E-state index contributed by atoms with van der Waals surface area (Å²) in [5.74, 6) is -0.521. The Morgan fingerprint density at radius 3 is 2.88 bits per heavy atom. The quantitative estimate of drug-likeness (QED) is 0.722. The molecular formula is C13H14O3. The summed E-state index contributed by atoms with van der Waals surface area (Å²) < 4.78 is 4.85. The third-order valence-corrected chi connectivity index (χ3v) is 2.96. The van der Waals surface area contributed by atoms with Crippen LogP contribution in [0.25, 0.3) is 0 Å². The van der Waals surface area contributed by atoms with Gasteiger partial charge in [-0.05, 0) is 12.0 Å². The van der Waals surface area contributed by atoms with Crippen LogP contribution in [0.15, 0.2) is 24.3 Å². The first kappa shape index (κ1) is 11.0. The van der Waals surface area contributed by atoms with Crippen LogP contribution >= 0.6 is 0 Å². The van der Waals surface area contributed by atoms with Crippen LogP contribution in [0.3, 0.4) is 0 Å². The van der Waals surface area contributed by atoms with Crippen molar-refractivity contribution in [3.05, 3.63) is 35.4 Å². The average molecular weight is 218 g/mol. The molecule has 1 aliphatic carbocycles. The molecule has 1 atom stereocenters. The minimum absolute atomic E-state index is 0.0111. The third-order valence-electron chi connectivity index (χ3n) is 2.96. The molecule has 0 aromatic heterocycles. The SMILES string of the molecule is COCCC(=O)C1Cc2ccccc2C1=O. The molecule has 0 N–H and O–H groups in total. The molecule has 3 heteroatoms. The largest absolute Gasteiger partial charge is 0.384 e. The number of ether oxygens (including phenoxy) is 1. The molecule has 2 rings (SSSR count). The van der Waals surface area contributed by atoms with E-state index >= 15 is 0 Å². The summed E-state index contributed by atoms with van der Waals surface area (Å²) in [4.78, 5) is 23.7. The van der Waals surface area contributed by atoms with Crippen LogP contribution in [0.2, 0.25) is 0 Å². The van der Waals surface area contributed by atoms with Crippen LogP contribution in [-0.4, -0.2) is 25.3 Å². The number of Topliss-reactive ketones (excluding diaryl/α,β-unsaturated/α-hetero) is 2. The van der Waals surface area contributed by atoms with Crippen molar-refractivity contribution >= 4 is 11.6 Å². The maximum atomic E-state index is 11.9. The predicted octanol–water partition coefficient (Wildman–Crippen LogP) is 1.65. The van der Waals surface area contributed by atoms with Crippen molar-refractivity contribution in [3.63, 3.8) is 0 Å². The molecule has 0 amide bonds. The van der Waals surface area contributed by atoms with Crippen LogP contribution in [0.1, 0.15) is 22.3 Å². The fourth-order valence-corrected chi connectivity index (χ4v) is 2.08. The molecule has 16 heavy (non-hydrogen) atoms. The van der Waals surface area contributed by atoms with Crippen molar-refractivity contribution in [2.24, 2.45) is 5.92 Å². The minimum atomic E-state index is -0.479. The van der Waals surface area contributed by atoms with Gasteiger partial charge in [-0.15, -0.1) is 0 Å². The van der Waals surface area contributed by atoms with Crippen LogP contribution in [0, 0.1) is 5.92 Å². The first-order chi connectivity index (χ1) is 7.74. The Balaban J connectivity index is 2.12. The van der Waals surface area contributed by atoms with Crippen LogP contribution in [-0.2, 0) is 16.0 Å². The summed E-state index contributed by atoms with van der Waals surface area (Å²) in [5.41, 5.74) is 1.70. The Labute approximate surface area is 94.4 Å². The van der Waals surface area contributed by atoms with Crippen molar-refractivity contribution < 1.29 is 14.3 Å². The van der Waals surface area contributed by atoms with E-state index in [1.54, 1.807) is 13.2 Å². The van der Waals surface area contributed by atoms with E-state index in [1.165, 1.54) is 0 Å². The zero-order chi connectivity index (χ0) is 11.5. The van der Waals surface area contributed by atoms with Gasteiger partial charge in [0, 0.05) is 19.1 Å². The number of carbonyl (C=O) groups excluding carboxylic acids is 2. The molecule has 0 heterocycles. The van der Waals surface area contributed by atoms with Crippen molar-refractivity contribution in [2.45, 2.75) is 12.8 Å². The van der Waals surface area contributed by atoms with E-state index in [-0.39, 0.29) is 11.6 Å². The molecule has 1 unspecified atom stereocenters. The van der Waals surface area contributed by atoms with Crippen molar-refractivity contribution in [1.29, 1.82) is 0 Å². The average Bonchev–Trinajstić information content (AvgIpc) is 2.64. The lowest BCUT2D eigenvalue weighted by molar-refractivity contribution is -0.122. The molecule has 0 fully saturated rings. The lowest BCUT2D eigenvalue weighted by atomic mass is 9.98. The first-order valence-corrected chi connectivity index (χ1v) is 5.38. The Morgan fingerprint density at radius 2 is 2.19 bits per heavy atom. The van der Waals surface area contributed by atoms with Gasteiger partial charge in [-0.2, -0.15) is 0 Å². The number of hydrogen-bond donors (Lipinski definition) is 0. The fourth-order valence-electron chi connectivity index (χ4n) is 2.08. The minimum Gasteiger partial charge on any atom is -0.384 e. The predicted molar refractivity (Wildman–Crippen MR) is 59.5 cm³/mol. The third kappa shape index (κ3) is 1.91. The number of hydrogen-bond acceptors (Lipinski definition) is 3. The molecule has 0 bridgehead atoms. The molecule has 0 radical (unpaired) electrons. The lowest BCUT2D eigenvalue weighted by Gasteiger charge is -2.05.